The lowest BCUT2D eigenvalue weighted by atomic mass is 10.1. The fraction of sp³-hybridized carbons (Fsp3) is 0.143. The number of morpholine rings is 1. The highest BCUT2D eigenvalue weighted by molar-refractivity contribution is 6.03. The van der Waals surface area contributed by atoms with Crippen molar-refractivity contribution in [3.8, 4) is 22.6 Å². The summed E-state index contributed by atoms with van der Waals surface area (Å²) in [7, 11) is 0. The maximum atomic E-state index is 13.7. The van der Waals surface area contributed by atoms with E-state index in [0.29, 0.717) is 77.6 Å². The third kappa shape index (κ3) is 5.33. The Balaban J connectivity index is 1.32. The number of pyridine rings is 1. The van der Waals surface area contributed by atoms with Gasteiger partial charge in [-0.15, -0.1) is 0 Å². The average Bonchev–Trinajstić information content (AvgIpc) is 3.60. The Hall–Kier alpha value is -5.23. The number of imidazole rings is 2. The largest absolute Gasteiger partial charge is 0.378 e. The molecule has 11 nitrogen and oxygen atoms in total. The van der Waals surface area contributed by atoms with Crippen LogP contribution < -0.4 is 5.32 Å². The van der Waals surface area contributed by atoms with Crippen molar-refractivity contribution in [2.24, 2.45) is 0 Å². The highest BCUT2D eigenvalue weighted by Crippen LogP contribution is 2.30. The zero-order valence-electron chi connectivity index (χ0n) is 21.2. The summed E-state index contributed by atoms with van der Waals surface area (Å²) in [6.07, 6.45) is 8.13. The standard InChI is InChI=1S/C28H24FN9O2/c29-20-3-1-18(2-4-20)26-27(34-23(33-26)7-6-22(30)37-13-15-40-16-14-37)21-5-8-25-32-24(17-38(25)36-21)35-28(39)19-9-11-31-12-10-19/h1-12,17,30H,13-16H2,(H,33,34)(H,35,39)/b7-6-,30-22?. The minimum Gasteiger partial charge on any atom is -0.378 e. The molecule has 6 rings (SSSR count). The maximum Gasteiger partial charge on any atom is 0.256 e. The Morgan fingerprint density at radius 1 is 1.05 bits per heavy atom. The number of ether oxygens (including phenoxy) is 1. The number of halogens is 1. The molecule has 1 aromatic carbocycles. The van der Waals surface area contributed by atoms with Gasteiger partial charge in [-0.25, -0.2) is 18.9 Å². The number of rotatable bonds is 6. The SMILES string of the molecule is N=C(/C=C\c1nc(-c2ccc(F)cc2)c(-c2ccc3nc(NC(=O)c4ccncc4)cn3n2)[nH]1)N1CCOCC1. The second-order valence-corrected chi connectivity index (χ2v) is 9.01. The number of amidine groups is 1. The van der Waals surface area contributed by atoms with Crippen LogP contribution in [0, 0.1) is 11.2 Å². The number of fused-ring (bicyclic) bond motifs is 1. The molecule has 0 atom stereocenters. The molecule has 5 heterocycles. The van der Waals surface area contributed by atoms with Gasteiger partial charge in [0.15, 0.2) is 11.5 Å². The molecule has 12 heteroatoms. The molecule has 0 aliphatic carbocycles. The molecule has 5 aromatic rings. The summed E-state index contributed by atoms with van der Waals surface area (Å²) in [5, 5.41) is 15.8. The van der Waals surface area contributed by atoms with E-state index < -0.39 is 0 Å². The Morgan fingerprint density at radius 3 is 2.60 bits per heavy atom. The number of H-pyrrole nitrogens is 1. The maximum absolute atomic E-state index is 13.7. The highest BCUT2D eigenvalue weighted by atomic mass is 19.1. The number of amides is 1. The quantitative estimate of drug-likeness (QED) is 0.221. The molecule has 0 saturated carbocycles. The predicted molar refractivity (Wildman–Crippen MR) is 147 cm³/mol. The van der Waals surface area contributed by atoms with Gasteiger partial charge in [-0.05, 0) is 60.7 Å². The molecule has 1 fully saturated rings. The van der Waals surface area contributed by atoms with Gasteiger partial charge in [-0.3, -0.25) is 15.2 Å². The van der Waals surface area contributed by atoms with Gasteiger partial charge < -0.3 is 19.9 Å². The first-order valence-corrected chi connectivity index (χ1v) is 12.6. The number of nitrogens with one attached hydrogen (secondary N) is 3. The third-order valence-electron chi connectivity index (χ3n) is 6.35. The van der Waals surface area contributed by atoms with Crippen LogP contribution in [0.2, 0.25) is 0 Å². The van der Waals surface area contributed by atoms with E-state index in [1.165, 1.54) is 12.1 Å². The summed E-state index contributed by atoms with van der Waals surface area (Å²) in [5.41, 5.74) is 3.46. The van der Waals surface area contributed by atoms with E-state index in [4.69, 9.17) is 20.2 Å². The first-order chi connectivity index (χ1) is 19.5. The highest BCUT2D eigenvalue weighted by Gasteiger charge is 2.17. The van der Waals surface area contributed by atoms with Crippen molar-refractivity contribution in [1.82, 2.24) is 34.4 Å². The summed E-state index contributed by atoms with van der Waals surface area (Å²) in [5.74, 6) is 0.575. The monoisotopic (exact) mass is 537 g/mol. The molecule has 1 aliphatic heterocycles. The van der Waals surface area contributed by atoms with Crippen molar-refractivity contribution >= 4 is 29.3 Å². The molecular formula is C28H24FN9O2. The van der Waals surface area contributed by atoms with Crippen molar-refractivity contribution in [2.75, 3.05) is 31.6 Å². The zero-order valence-corrected chi connectivity index (χ0v) is 21.2. The molecule has 40 heavy (non-hydrogen) atoms. The van der Waals surface area contributed by atoms with Crippen LogP contribution in [0.15, 0.2) is 73.2 Å². The minimum atomic E-state index is -0.348. The molecule has 3 N–H and O–H groups in total. The fourth-order valence-electron chi connectivity index (χ4n) is 4.31. The van der Waals surface area contributed by atoms with Gasteiger partial charge in [0.05, 0.1) is 30.8 Å². The van der Waals surface area contributed by atoms with Gasteiger partial charge in [-0.2, -0.15) is 5.10 Å². The van der Waals surface area contributed by atoms with E-state index >= 15 is 0 Å². The minimum absolute atomic E-state index is 0.308. The van der Waals surface area contributed by atoms with Crippen LogP contribution in [0.5, 0.6) is 0 Å². The molecule has 0 bridgehead atoms. The zero-order chi connectivity index (χ0) is 27.5. The number of aromatic nitrogens is 6. The molecule has 0 spiro atoms. The summed E-state index contributed by atoms with van der Waals surface area (Å²) >= 11 is 0. The molecular weight excluding hydrogens is 513 g/mol. The van der Waals surface area contributed by atoms with Crippen LogP contribution in [-0.4, -0.2) is 72.5 Å². The van der Waals surface area contributed by atoms with Crippen LogP contribution in [0.4, 0.5) is 10.2 Å². The number of aromatic amines is 1. The number of hydrogen-bond acceptors (Lipinski definition) is 7. The first kappa shape index (κ1) is 25.1. The lowest BCUT2D eigenvalue weighted by Crippen LogP contribution is -2.39. The molecule has 200 valence electrons. The van der Waals surface area contributed by atoms with E-state index in [1.807, 2.05) is 4.90 Å². The Kier molecular flexibility index (Phi) is 6.81. The van der Waals surface area contributed by atoms with Crippen LogP contribution in [0.3, 0.4) is 0 Å². The summed E-state index contributed by atoms with van der Waals surface area (Å²) in [6, 6.07) is 12.9. The van der Waals surface area contributed by atoms with E-state index in [2.05, 4.69) is 20.3 Å². The Bertz CT molecular complexity index is 1710. The number of anilines is 1. The van der Waals surface area contributed by atoms with Gasteiger partial charge in [-0.1, -0.05) is 0 Å². The molecule has 1 amide bonds. The molecule has 1 aliphatic rings. The topological polar surface area (TPSA) is 137 Å². The van der Waals surface area contributed by atoms with Gasteiger partial charge in [0.1, 0.15) is 23.2 Å². The van der Waals surface area contributed by atoms with Crippen molar-refractivity contribution < 1.29 is 13.9 Å². The van der Waals surface area contributed by atoms with Gasteiger partial charge >= 0.3 is 0 Å². The van der Waals surface area contributed by atoms with Gasteiger partial charge in [0, 0.05) is 36.6 Å². The second-order valence-electron chi connectivity index (χ2n) is 9.01. The number of benzene rings is 1. The van der Waals surface area contributed by atoms with E-state index in [-0.39, 0.29) is 11.7 Å². The molecule has 0 radical (unpaired) electrons. The van der Waals surface area contributed by atoms with Crippen molar-refractivity contribution in [3.63, 3.8) is 0 Å². The number of carbonyl (C=O) groups is 1. The Labute approximate surface area is 227 Å². The van der Waals surface area contributed by atoms with Crippen LogP contribution in [0.25, 0.3) is 34.4 Å². The predicted octanol–water partition coefficient (Wildman–Crippen LogP) is 3.90. The summed E-state index contributed by atoms with van der Waals surface area (Å²) < 4.78 is 20.6. The lowest BCUT2D eigenvalue weighted by molar-refractivity contribution is 0.0681. The molecule has 4 aromatic heterocycles. The fourth-order valence-corrected chi connectivity index (χ4v) is 4.31. The van der Waals surface area contributed by atoms with Crippen LogP contribution in [0.1, 0.15) is 16.2 Å². The number of nitrogens with zero attached hydrogens (tertiary/aromatic N) is 6. The summed E-state index contributed by atoms with van der Waals surface area (Å²) in [6.45, 7) is 2.50. The van der Waals surface area contributed by atoms with Crippen molar-refractivity contribution in [1.29, 1.82) is 5.41 Å². The number of carbonyl (C=O) groups excluding carboxylic acids is 1. The van der Waals surface area contributed by atoms with E-state index in [0.717, 1.165) is 0 Å². The van der Waals surface area contributed by atoms with Crippen molar-refractivity contribution in [3.05, 3.63) is 90.4 Å². The second kappa shape index (κ2) is 10.9. The third-order valence-corrected chi connectivity index (χ3v) is 6.35. The first-order valence-electron chi connectivity index (χ1n) is 12.6. The van der Waals surface area contributed by atoms with Crippen molar-refractivity contribution in [2.45, 2.75) is 0 Å². The van der Waals surface area contributed by atoms with Crippen LogP contribution in [-0.2, 0) is 4.74 Å². The summed E-state index contributed by atoms with van der Waals surface area (Å²) in [4.78, 5) is 30.9. The average molecular weight is 538 g/mol. The Morgan fingerprint density at radius 2 is 1.82 bits per heavy atom. The smallest absolute Gasteiger partial charge is 0.256 e. The molecule has 0 unspecified atom stereocenters. The lowest BCUT2D eigenvalue weighted by Gasteiger charge is -2.27. The normalized spacial score (nSPS) is 13.7. The van der Waals surface area contributed by atoms with Gasteiger partial charge in [0.2, 0.25) is 0 Å². The van der Waals surface area contributed by atoms with Gasteiger partial charge in [0.25, 0.3) is 5.91 Å². The van der Waals surface area contributed by atoms with E-state index in [9.17, 15) is 9.18 Å². The number of hydrogen-bond donors (Lipinski definition) is 3. The van der Waals surface area contributed by atoms with Crippen LogP contribution >= 0.6 is 0 Å². The molecule has 1 saturated heterocycles. The van der Waals surface area contributed by atoms with E-state index in [1.54, 1.807) is 71.7 Å².